The van der Waals surface area contributed by atoms with Crippen molar-refractivity contribution in [2.75, 3.05) is 37.9 Å². The minimum atomic E-state index is -5.15. The van der Waals surface area contributed by atoms with Crippen LogP contribution in [0.15, 0.2) is 22.2 Å². The van der Waals surface area contributed by atoms with Crippen molar-refractivity contribution < 1.29 is 90.4 Å². The number of hydrogen-bond donors (Lipinski definition) is 13. The molecule has 0 aromatic carbocycles. The molecular formula is C24H37N10O19P3S+2. The number of aliphatic hydroxyl groups is 4. The van der Waals surface area contributed by atoms with Crippen LogP contribution in [-0.2, 0) is 60.1 Å². The minimum Gasteiger partial charge on any atom is -0.387 e. The fourth-order valence-electron chi connectivity index (χ4n) is 5.90. The van der Waals surface area contributed by atoms with Gasteiger partial charge in [0.1, 0.15) is 42.7 Å². The summed E-state index contributed by atoms with van der Waals surface area (Å²) >= 11 is 4.42. The summed E-state index contributed by atoms with van der Waals surface area (Å²) < 4.78 is 64.6. The molecule has 2 saturated heterocycles. The van der Waals surface area contributed by atoms with Gasteiger partial charge in [-0.15, -0.1) is 0 Å². The first kappa shape index (κ1) is 43.4. The van der Waals surface area contributed by atoms with Crippen molar-refractivity contribution in [2.24, 2.45) is 7.05 Å². The maximum atomic E-state index is 12.7. The van der Waals surface area contributed by atoms with Gasteiger partial charge < -0.3 is 65.5 Å². The van der Waals surface area contributed by atoms with E-state index in [-0.39, 0.29) is 34.2 Å². The lowest BCUT2D eigenvalue weighted by Crippen LogP contribution is -2.46. The molecule has 0 aliphatic carbocycles. The molecule has 316 valence electrons. The molecule has 29 nitrogen and oxygen atoms in total. The first-order valence-electron chi connectivity index (χ1n) is 16.1. The van der Waals surface area contributed by atoms with Gasteiger partial charge in [-0.05, 0) is 11.8 Å². The summed E-state index contributed by atoms with van der Waals surface area (Å²) in [6.07, 6.45) is -11.8. The molecule has 15 N–H and O–H groups in total. The number of nitrogens with one attached hydrogen (secondary N) is 3. The smallest absolute Gasteiger partial charge is 0.387 e. The summed E-state index contributed by atoms with van der Waals surface area (Å²) in [6, 6.07) is 0. The first-order valence-corrected chi connectivity index (χ1v) is 21.7. The number of rotatable bonds is 16. The van der Waals surface area contributed by atoms with Crippen LogP contribution in [0.25, 0.3) is 22.3 Å². The van der Waals surface area contributed by atoms with E-state index in [0.717, 1.165) is 4.57 Å². The Morgan fingerprint density at radius 1 is 0.825 bits per heavy atom. The first-order chi connectivity index (χ1) is 26.5. The standard InChI is InChI=1S/C24H35N10O19P3S/c1-32-7-34(18-12(32)20(40)31-24(26)29-18)22-16(38)14(36)10(52-22)5-50-55(43,44)48-3-8(53-56(45,46)57)2-47-54(41,42)49-4-9-13(35)15(37)21(51-9)33-6-27-11-17(33)28-23(25)30-19(11)39/h6-10,13-16,21-22,35-38H,2-5H2,1H3,(H9-,25,26,28,29,30,31,39,40,41,42,43,44,45,46,57)/p+2/t8?,9?,10?,13-,14-,15-,16-,21-,22-/m1/s1. The molecule has 0 spiro atoms. The maximum absolute atomic E-state index is 12.7. The number of aromatic amines is 3. The number of nitrogens with two attached hydrogens (primary N) is 2. The molecule has 6 heterocycles. The molecule has 57 heavy (non-hydrogen) atoms. The molecule has 2 aliphatic heterocycles. The fraction of sp³-hybridized carbons (Fsp3) is 0.583. The molecule has 6 rings (SSSR count). The van der Waals surface area contributed by atoms with E-state index in [1.807, 2.05) is 0 Å². The van der Waals surface area contributed by atoms with Gasteiger partial charge in [0, 0.05) is 0 Å². The van der Waals surface area contributed by atoms with Gasteiger partial charge in [-0.25, -0.2) is 18.3 Å². The number of ether oxygens (including phenoxy) is 2. The van der Waals surface area contributed by atoms with Gasteiger partial charge in [0.05, 0.1) is 33.5 Å². The molecule has 2 aliphatic rings. The minimum absolute atomic E-state index is 0.0199. The second-order valence-corrected chi connectivity index (χ2v) is 18.0. The molecule has 0 radical (unpaired) electrons. The highest BCUT2D eigenvalue weighted by Gasteiger charge is 2.49. The summed E-state index contributed by atoms with van der Waals surface area (Å²) in [5.74, 6) is -0.512. The number of aryl methyl sites for hydroxylation is 1. The summed E-state index contributed by atoms with van der Waals surface area (Å²) in [7, 11) is -8.79. The lowest BCUT2D eigenvalue weighted by atomic mass is 10.1. The Bertz CT molecular complexity index is 2390. The Hall–Kier alpha value is -3.19. The quantitative estimate of drug-likeness (QED) is 0.0368. The highest BCUT2D eigenvalue weighted by atomic mass is 32.5. The number of phosphoric acid groups is 2. The Labute approximate surface area is 321 Å². The average Bonchev–Trinajstić information content (AvgIpc) is 3.83. The lowest BCUT2D eigenvalue weighted by Gasteiger charge is -2.23. The van der Waals surface area contributed by atoms with Crippen LogP contribution >= 0.6 is 22.4 Å². The van der Waals surface area contributed by atoms with Crippen LogP contribution in [0, 0.1) is 0 Å². The SMILES string of the molecule is Cn1c[n+]([C@@H]2OC(COP(=O)(O)OCC(COP(=O)(O)OCC3O[C@@H]([n+]4c[nH]c5c(=O)[nH]c(N)nc54)[C@H](O)[C@@H]3O)OP(O)(O)=S)[C@@H](O)[C@H]2O)c2nc(N)[nH]c(=O)c21. The van der Waals surface area contributed by atoms with Gasteiger partial charge in [-0.2, -0.15) is 0 Å². The molecule has 0 amide bonds. The molecule has 4 aromatic rings. The Morgan fingerprint density at radius 3 is 1.84 bits per heavy atom. The van der Waals surface area contributed by atoms with Crippen LogP contribution in [-0.4, -0.2) is 139 Å². The summed E-state index contributed by atoms with van der Waals surface area (Å²) in [5, 5.41) is 42.5. The molecule has 0 saturated carbocycles. The third-order valence-corrected chi connectivity index (χ3v) is 11.2. The number of aromatic nitrogens is 8. The highest BCUT2D eigenvalue weighted by Crippen LogP contribution is 2.48. The Kier molecular flexibility index (Phi) is 12.5. The predicted molar refractivity (Wildman–Crippen MR) is 186 cm³/mol. The molecule has 5 unspecified atom stereocenters. The third-order valence-electron chi connectivity index (χ3n) is 8.46. The van der Waals surface area contributed by atoms with E-state index in [0.29, 0.717) is 0 Å². The van der Waals surface area contributed by atoms with Gasteiger partial charge in [0.15, 0.2) is 12.7 Å². The maximum Gasteiger partial charge on any atom is 0.472 e. The number of phosphoric ester groups is 2. The van der Waals surface area contributed by atoms with Gasteiger partial charge in [0.2, 0.25) is 23.5 Å². The molecule has 11 atom stereocenters. The van der Waals surface area contributed by atoms with E-state index in [9.17, 15) is 58.7 Å². The van der Waals surface area contributed by atoms with Gasteiger partial charge in [-0.1, -0.05) is 9.97 Å². The van der Waals surface area contributed by atoms with E-state index in [2.05, 4.69) is 36.7 Å². The van der Waals surface area contributed by atoms with Gasteiger partial charge in [-0.3, -0.25) is 47.2 Å². The molecule has 0 bridgehead atoms. The van der Waals surface area contributed by atoms with Crippen molar-refractivity contribution in [1.82, 2.24) is 29.5 Å². The Balaban J connectivity index is 1.02. The third kappa shape index (κ3) is 9.66. The number of hydrogen-bond acceptors (Lipinski definition) is 20. The van der Waals surface area contributed by atoms with Crippen LogP contribution in [0.1, 0.15) is 12.5 Å². The highest BCUT2D eigenvalue weighted by molar-refractivity contribution is 8.06. The van der Waals surface area contributed by atoms with E-state index < -0.39 is 115 Å². The van der Waals surface area contributed by atoms with Gasteiger partial charge in [0.25, 0.3) is 23.0 Å². The number of nitrogens with zero attached hydrogens (tertiary/aromatic N) is 5. The number of H-pyrrole nitrogens is 3. The molecule has 33 heteroatoms. The van der Waals surface area contributed by atoms with Crippen molar-refractivity contribution in [3.8, 4) is 0 Å². The largest absolute Gasteiger partial charge is 0.472 e. The van der Waals surface area contributed by atoms with Crippen molar-refractivity contribution >= 4 is 68.4 Å². The van der Waals surface area contributed by atoms with Crippen LogP contribution in [0.2, 0.25) is 0 Å². The number of anilines is 2. The fourth-order valence-corrected chi connectivity index (χ4v) is 8.30. The molecule has 4 aromatic heterocycles. The van der Waals surface area contributed by atoms with Crippen molar-refractivity contribution in [2.45, 2.75) is 55.2 Å². The number of imidazole rings is 2. The lowest BCUT2D eigenvalue weighted by molar-refractivity contribution is -0.746. The zero-order chi connectivity index (χ0) is 41.8. The number of fused-ring (bicyclic) bond motifs is 2. The van der Waals surface area contributed by atoms with Crippen LogP contribution < -0.4 is 31.7 Å². The van der Waals surface area contributed by atoms with Crippen molar-refractivity contribution in [3.63, 3.8) is 0 Å². The van der Waals surface area contributed by atoms with Gasteiger partial charge >= 0.3 is 33.7 Å². The Morgan fingerprint density at radius 2 is 1.32 bits per heavy atom. The van der Waals surface area contributed by atoms with E-state index in [1.54, 1.807) is 0 Å². The zero-order valence-corrected chi connectivity index (χ0v) is 32.4. The van der Waals surface area contributed by atoms with Crippen LogP contribution in [0.3, 0.4) is 0 Å². The topological polar surface area (TPSA) is 433 Å². The summed E-state index contributed by atoms with van der Waals surface area (Å²) in [6.45, 7) is -8.54. The van der Waals surface area contributed by atoms with Crippen molar-refractivity contribution in [3.05, 3.63) is 33.4 Å². The van der Waals surface area contributed by atoms with E-state index in [1.165, 1.54) is 28.8 Å². The monoisotopic (exact) mass is 894 g/mol. The van der Waals surface area contributed by atoms with Crippen LogP contribution in [0.4, 0.5) is 11.9 Å². The second-order valence-electron chi connectivity index (χ2n) is 12.5. The summed E-state index contributed by atoms with van der Waals surface area (Å²) in [5.41, 5.74) is 9.92. The second kappa shape index (κ2) is 16.5. The van der Waals surface area contributed by atoms with E-state index in [4.69, 9.17) is 43.6 Å². The van der Waals surface area contributed by atoms with Crippen molar-refractivity contribution in [1.29, 1.82) is 0 Å². The number of nitrogen functional groups attached to an aromatic ring is 2. The number of aliphatic hydroxyl groups excluding tert-OH is 4. The molecule has 2 fully saturated rings. The van der Waals surface area contributed by atoms with Crippen LogP contribution in [0.5, 0.6) is 0 Å². The summed E-state index contributed by atoms with van der Waals surface area (Å²) in [4.78, 5) is 79.7. The predicted octanol–water partition coefficient (Wildman–Crippen LogP) is -5.63. The van der Waals surface area contributed by atoms with E-state index >= 15 is 0 Å². The normalized spacial score (nSPS) is 28.2. The zero-order valence-electron chi connectivity index (χ0n) is 28.9. The average molecular weight is 895 g/mol. The molecular weight excluding hydrogens is 857 g/mol.